The zero-order chi connectivity index (χ0) is 13.0. The van der Waals surface area contributed by atoms with Crippen molar-refractivity contribution in [2.45, 2.75) is 46.1 Å². The van der Waals surface area contributed by atoms with Gasteiger partial charge in [0.1, 0.15) is 17.5 Å². The summed E-state index contributed by atoms with van der Waals surface area (Å²) < 4.78 is 0. The molecule has 0 saturated heterocycles. The number of hydrogen-bond acceptors (Lipinski definition) is 5. The van der Waals surface area contributed by atoms with Crippen molar-refractivity contribution in [2.75, 3.05) is 17.7 Å². The maximum atomic E-state index is 9.19. The van der Waals surface area contributed by atoms with Gasteiger partial charge in [-0.15, -0.1) is 0 Å². The summed E-state index contributed by atoms with van der Waals surface area (Å²) in [7, 11) is 0. The fraction of sp³-hybridized carbons (Fsp3) is 0.667. The molecule has 0 aliphatic heterocycles. The van der Waals surface area contributed by atoms with Crippen molar-refractivity contribution in [1.29, 1.82) is 0 Å². The number of rotatable bonds is 5. The molecule has 0 radical (unpaired) electrons. The van der Waals surface area contributed by atoms with Gasteiger partial charge < -0.3 is 16.2 Å². The van der Waals surface area contributed by atoms with E-state index in [9.17, 15) is 5.11 Å². The first-order chi connectivity index (χ1) is 7.99. The quantitative estimate of drug-likeness (QED) is 0.726. The van der Waals surface area contributed by atoms with Crippen LogP contribution < -0.4 is 11.1 Å². The Labute approximate surface area is 102 Å². The summed E-state index contributed by atoms with van der Waals surface area (Å²) in [6, 6.07) is 0.00279. The summed E-state index contributed by atoms with van der Waals surface area (Å²) >= 11 is 0. The van der Waals surface area contributed by atoms with Crippen molar-refractivity contribution >= 4 is 11.6 Å². The molecule has 4 N–H and O–H groups in total. The van der Waals surface area contributed by atoms with Crippen LogP contribution in [0.5, 0.6) is 0 Å². The number of nitrogens with zero attached hydrogens (tertiary/aromatic N) is 2. The van der Waals surface area contributed by atoms with Crippen LogP contribution >= 0.6 is 0 Å². The lowest BCUT2D eigenvalue weighted by Crippen LogP contribution is -2.24. The molecule has 1 aromatic rings. The van der Waals surface area contributed by atoms with E-state index in [2.05, 4.69) is 15.3 Å². The molecule has 5 heteroatoms. The van der Waals surface area contributed by atoms with Gasteiger partial charge in [-0.25, -0.2) is 9.97 Å². The molecule has 0 aromatic carbocycles. The first-order valence-corrected chi connectivity index (χ1v) is 6.00. The van der Waals surface area contributed by atoms with E-state index >= 15 is 0 Å². The molecule has 1 heterocycles. The Kier molecular flexibility index (Phi) is 4.69. The zero-order valence-electron chi connectivity index (χ0n) is 11.0. The van der Waals surface area contributed by atoms with Crippen LogP contribution in [0.25, 0.3) is 0 Å². The van der Waals surface area contributed by atoms with Gasteiger partial charge in [0.15, 0.2) is 0 Å². The molecule has 17 heavy (non-hydrogen) atoms. The average molecular weight is 238 g/mol. The van der Waals surface area contributed by atoms with E-state index in [0.717, 1.165) is 23.6 Å². The topological polar surface area (TPSA) is 84.1 Å². The molecule has 96 valence electrons. The molecular formula is C12H22N4O. The largest absolute Gasteiger partial charge is 0.394 e. The first kappa shape index (κ1) is 13.7. The van der Waals surface area contributed by atoms with Gasteiger partial charge in [0.25, 0.3) is 0 Å². The molecule has 1 aromatic heterocycles. The smallest absolute Gasteiger partial charge is 0.135 e. The van der Waals surface area contributed by atoms with Crippen LogP contribution in [0, 0.1) is 6.92 Å². The van der Waals surface area contributed by atoms with E-state index in [4.69, 9.17) is 5.73 Å². The second kappa shape index (κ2) is 5.82. The van der Waals surface area contributed by atoms with E-state index < -0.39 is 0 Å². The Balaban J connectivity index is 3.05. The number of aliphatic hydroxyl groups is 1. The molecule has 1 unspecified atom stereocenters. The highest BCUT2D eigenvalue weighted by Crippen LogP contribution is 2.21. The molecule has 1 atom stereocenters. The minimum absolute atomic E-state index is 0.00279. The lowest BCUT2D eigenvalue weighted by Gasteiger charge is -2.18. The number of nitrogens with two attached hydrogens (primary N) is 1. The van der Waals surface area contributed by atoms with Crippen LogP contribution in [0.1, 0.15) is 44.5 Å². The first-order valence-electron chi connectivity index (χ1n) is 6.00. The van der Waals surface area contributed by atoms with Crippen LogP contribution in [-0.2, 0) is 0 Å². The molecule has 0 saturated carbocycles. The van der Waals surface area contributed by atoms with Gasteiger partial charge in [0, 0.05) is 11.5 Å². The Morgan fingerprint density at radius 3 is 2.47 bits per heavy atom. The van der Waals surface area contributed by atoms with Crippen molar-refractivity contribution in [3.63, 3.8) is 0 Å². The third kappa shape index (κ3) is 3.30. The van der Waals surface area contributed by atoms with Gasteiger partial charge in [-0.3, -0.25) is 0 Å². The van der Waals surface area contributed by atoms with Crippen molar-refractivity contribution in [1.82, 2.24) is 9.97 Å². The number of aromatic nitrogens is 2. The predicted molar refractivity (Wildman–Crippen MR) is 70.1 cm³/mol. The molecule has 5 nitrogen and oxygen atoms in total. The minimum atomic E-state index is 0.00279. The summed E-state index contributed by atoms with van der Waals surface area (Å²) in [4.78, 5) is 8.71. The molecule has 0 aliphatic rings. The summed E-state index contributed by atoms with van der Waals surface area (Å²) in [5, 5.41) is 12.4. The summed E-state index contributed by atoms with van der Waals surface area (Å²) in [5.41, 5.74) is 6.70. The number of nitrogen functional groups attached to an aromatic ring is 1. The van der Waals surface area contributed by atoms with E-state index in [1.165, 1.54) is 0 Å². The van der Waals surface area contributed by atoms with E-state index in [1.54, 1.807) is 0 Å². The standard InChI is InChI=1S/C12H22N4O/c1-5-9(6-17)14-12-8(4)10(13)15-11(16-12)7(2)3/h7,9,17H,5-6H2,1-4H3,(H3,13,14,15,16). The highest BCUT2D eigenvalue weighted by Gasteiger charge is 2.13. The SMILES string of the molecule is CCC(CO)Nc1nc(C(C)C)nc(N)c1C. The Hall–Kier alpha value is -1.36. The molecule has 0 bridgehead atoms. The van der Waals surface area contributed by atoms with Crippen molar-refractivity contribution in [3.8, 4) is 0 Å². The maximum Gasteiger partial charge on any atom is 0.135 e. The zero-order valence-corrected chi connectivity index (χ0v) is 11.0. The third-order valence-electron chi connectivity index (χ3n) is 2.77. The van der Waals surface area contributed by atoms with E-state index in [-0.39, 0.29) is 18.6 Å². The molecule has 0 fully saturated rings. The van der Waals surface area contributed by atoms with Gasteiger partial charge >= 0.3 is 0 Å². The molecule has 0 aliphatic carbocycles. The van der Waals surface area contributed by atoms with Crippen LogP contribution in [0.15, 0.2) is 0 Å². The lowest BCUT2D eigenvalue weighted by atomic mass is 10.2. The highest BCUT2D eigenvalue weighted by atomic mass is 16.3. The normalized spacial score (nSPS) is 12.8. The highest BCUT2D eigenvalue weighted by molar-refractivity contribution is 5.55. The summed E-state index contributed by atoms with van der Waals surface area (Å²) in [6.45, 7) is 8.02. The summed E-state index contributed by atoms with van der Waals surface area (Å²) in [5.74, 6) is 2.18. The second-order valence-corrected chi connectivity index (χ2v) is 4.53. The number of anilines is 2. The maximum absolute atomic E-state index is 9.19. The van der Waals surface area contributed by atoms with Gasteiger partial charge in [-0.2, -0.15) is 0 Å². The van der Waals surface area contributed by atoms with Gasteiger partial charge in [-0.1, -0.05) is 20.8 Å². The fourth-order valence-electron chi connectivity index (χ4n) is 1.42. The predicted octanol–water partition coefficient (Wildman–Crippen LogP) is 1.67. The summed E-state index contributed by atoms with van der Waals surface area (Å²) in [6.07, 6.45) is 0.830. The fourth-order valence-corrected chi connectivity index (χ4v) is 1.42. The number of hydrogen-bond donors (Lipinski definition) is 3. The van der Waals surface area contributed by atoms with Gasteiger partial charge in [0.05, 0.1) is 12.6 Å². The Morgan fingerprint density at radius 2 is 2.00 bits per heavy atom. The van der Waals surface area contributed by atoms with Crippen LogP contribution in [0.2, 0.25) is 0 Å². The Bertz CT molecular complexity index is 375. The number of nitrogens with one attached hydrogen (secondary N) is 1. The molecule has 0 amide bonds. The van der Waals surface area contributed by atoms with Crippen LogP contribution in [0.4, 0.5) is 11.6 Å². The van der Waals surface area contributed by atoms with Crippen LogP contribution in [0.3, 0.4) is 0 Å². The van der Waals surface area contributed by atoms with E-state index in [0.29, 0.717) is 5.82 Å². The van der Waals surface area contributed by atoms with Crippen molar-refractivity contribution in [3.05, 3.63) is 11.4 Å². The molecular weight excluding hydrogens is 216 g/mol. The van der Waals surface area contributed by atoms with Crippen molar-refractivity contribution < 1.29 is 5.11 Å². The lowest BCUT2D eigenvalue weighted by molar-refractivity contribution is 0.271. The van der Waals surface area contributed by atoms with Crippen LogP contribution in [-0.4, -0.2) is 27.7 Å². The average Bonchev–Trinajstić information content (AvgIpc) is 2.30. The van der Waals surface area contributed by atoms with Crippen molar-refractivity contribution in [2.24, 2.45) is 0 Å². The molecule has 1 rings (SSSR count). The van der Waals surface area contributed by atoms with E-state index in [1.807, 2.05) is 27.7 Å². The Morgan fingerprint density at radius 1 is 1.35 bits per heavy atom. The monoisotopic (exact) mass is 238 g/mol. The minimum Gasteiger partial charge on any atom is -0.394 e. The molecule has 0 spiro atoms. The second-order valence-electron chi connectivity index (χ2n) is 4.53. The third-order valence-corrected chi connectivity index (χ3v) is 2.77. The van der Waals surface area contributed by atoms with Gasteiger partial charge in [0.2, 0.25) is 0 Å². The van der Waals surface area contributed by atoms with Gasteiger partial charge in [-0.05, 0) is 13.3 Å². The number of aliphatic hydroxyl groups excluding tert-OH is 1.